The average molecular weight is 154 g/mol. The zero-order chi connectivity index (χ0) is 8.85. The number of nitrogens with two attached hydrogens (primary N) is 1. The fourth-order valence-electron chi connectivity index (χ4n) is 0.564. The number of aromatic nitrogens is 1. The Morgan fingerprint density at radius 1 is 1.45 bits per heavy atom. The topological polar surface area (TPSA) is 48.0 Å². The fourth-order valence-corrected chi connectivity index (χ4v) is 0.564. The summed E-state index contributed by atoms with van der Waals surface area (Å²) in [5.74, 6) is 0. The van der Waals surface area contributed by atoms with Gasteiger partial charge >= 0.3 is 0 Å². The molecule has 0 aliphatic heterocycles. The molecular formula is C8H14N2O. The normalized spacial score (nSPS) is 8.27. The fraction of sp³-hybridized carbons (Fsp3) is 0.375. The number of anilines is 1. The van der Waals surface area contributed by atoms with E-state index in [9.17, 15) is 4.79 Å². The SMILES string of the molecule is CC.Cn1ccc(N)cc1=O. The maximum Gasteiger partial charge on any atom is 0.252 e. The van der Waals surface area contributed by atoms with Gasteiger partial charge in [0.15, 0.2) is 0 Å². The van der Waals surface area contributed by atoms with Crippen LogP contribution in [0.3, 0.4) is 0 Å². The second kappa shape index (κ2) is 4.55. The summed E-state index contributed by atoms with van der Waals surface area (Å²) in [5.41, 5.74) is 5.75. The predicted molar refractivity (Wildman–Crippen MR) is 47.4 cm³/mol. The molecule has 0 aliphatic rings. The molecule has 0 radical (unpaired) electrons. The predicted octanol–water partition coefficient (Wildman–Crippen LogP) is 0.994. The van der Waals surface area contributed by atoms with Crippen LogP contribution in [0, 0.1) is 0 Å². The van der Waals surface area contributed by atoms with Gasteiger partial charge in [0, 0.05) is 25.0 Å². The van der Waals surface area contributed by atoms with Crippen molar-refractivity contribution in [2.45, 2.75) is 13.8 Å². The van der Waals surface area contributed by atoms with Gasteiger partial charge in [-0.1, -0.05) is 13.8 Å². The molecule has 0 spiro atoms. The first-order valence-electron chi connectivity index (χ1n) is 3.62. The second-order valence-electron chi connectivity index (χ2n) is 1.91. The second-order valence-corrected chi connectivity index (χ2v) is 1.91. The summed E-state index contributed by atoms with van der Waals surface area (Å²) in [6.45, 7) is 4.00. The third-order valence-corrected chi connectivity index (χ3v) is 1.13. The minimum absolute atomic E-state index is 0.0741. The molecule has 1 rings (SSSR count). The Hall–Kier alpha value is -1.25. The lowest BCUT2D eigenvalue weighted by molar-refractivity contribution is 0.862. The van der Waals surface area contributed by atoms with Gasteiger partial charge in [0.1, 0.15) is 0 Å². The minimum atomic E-state index is -0.0741. The molecular weight excluding hydrogens is 140 g/mol. The van der Waals surface area contributed by atoms with Gasteiger partial charge in [-0.2, -0.15) is 0 Å². The summed E-state index contributed by atoms with van der Waals surface area (Å²) in [7, 11) is 1.68. The van der Waals surface area contributed by atoms with Gasteiger partial charge in [0.25, 0.3) is 5.56 Å². The summed E-state index contributed by atoms with van der Waals surface area (Å²) >= 11 is 0. The summed E-state index contributed by atoms with van der Waals surface area (Å²) < 4.78 is 1.47. The highest BCUT2D eigenvalue weighted by Gasteiger charge is 1.86. The maximum absolute atomic E-state index is 10.7. The Bertz CT molecular complexity index is 265. The average Bonchev–Trinajstić information content (AvgIpc) is 2.02. The summed E-state index contributed by atoms with van der Waals surface area (Å²) in [5, 5.41) is 0. The summed E-state index contributed by atoms with van der Waals surface area (Å²) in [6.07, 6.45) is 1.64. The van der Waals surface area contributed by atoms with Crippen LogP contribution >= 0.6 is 0 Å². The van der Waals surface area contributed by atoms with Crippen LogP contribution in [0.5, 0.6) is 0 Å². The number of rotatable bonds is 0. The van der Waals surface area contributed by atoms with Crippen LogP contribution in [-0.4, -0.2) is 4.57 Å². The van der Waals surface area contributed by atoms with E-state index in [4.69, 9.17) is 5.73 Å². The van der Waals surface area contributed by atoms with Crippen molar-refractivity contribution in [1.82, 2.24) is 4.57 Å². The lowest BCUT2D eigenvalue weighted by Gasteiger charge is -1.94. The lowest BCUT2D eigenvalue weighted by Crippen LogP contribution is -2.14. The van der Waals surface area contributed by atoms with Crippen molar-refractivity contribution in [2.24, 2.45) is 7.05 Å². The zero-order valence-electron chi connectivity index (χ0n) is 7.16. The van der Waals surface area contributed by atoms with Gasteiger partial charge < -0.3 is 10.3 Å². The number of aryl methyl sites for hydroxylation is 1. The first-order valence-corrected chi connectivity index (χ1v) is 3.62. The molecule has 62 valence electrons. The van der Waals surface area contributed by atoms with E-state index >= 15 is 0 Å². The quantitative estimate of drug-likeness (QED) is 0.606. The minimum Gasteiger partial charge on any atom is -0.399 e. The molecule has 3 nitrogen and oxygen atoms in total. The van der Waals surface area contributed by atoms with E-state index in [0.717, 1.165) is 0 Å². The molecule has 0 unspecified atom stereocenters. The number of nitrogen functional groups attached to an aromatic ring is 1. The Morgan fingerprint density at radius 3 is 2.36 bits per heavy atom. The first-order chi connectivity index (χ1) is 5.20. The van der Waals surface area contributed by atoms with Crippen molar-refractivity contribution in [3.05, 3.63) is 28.7 Å². The molecule has 2 N–H and O–H groups in total. The standard InChI is InChI=1S/C6H8N2O.C2H6/c1-8-3-2-5(7)4-6(8)9;1-2/h2-4H,7H2,1H3;1-2H3. The van der Waals surface area contributed by atoms with Gasteiger partial charge in [-0.05, 0) is 6.07 Å². The van der Waals surface area contributed by atoms with E-state index in [0.29, 0.717) is 5.69 Å². The van der Waals surface area contributed by atoms with Gasteiger partial charge in [-0.3, -0.25) is 4.79 Å². The van der Waals surface area contributed by atoms with Crippen molar-refractivity contribution in [1.29, 1.82) is 0 Å². The molecule has 0 saturated heterocycles. The van der Waals surface area contributed by atoms with Crippen molar-refractivity contribution in [3.8, 4) is 0 Å². The molecule has 0 atom stereocenters. The highest BCUT2D eigenvalue weighted by molar-refractivity contribution is 5.34. The molecule has 0 fully saturated rings. The highest BCUT2D eigenvalue weighted by atomic mass is 16.1. The molecule has 1 heterocycles. The molecule has 0 bridgehead atoms. The van der Waals surface area contributed by atoms with Crippen molar-refractivity contribution in [2.75, 3.05) is 5.73 Å². The molecule has 0 aromatic carbocycles. The monoisotopic (exact) mass is 154 g/mol. The van der Waals surface area contributed by atoms with Crippen LogP contribution in [0.15, 0.2) is 23.1 Å². The summed E-state index contributed by atoms with van der Waals surface area (Å²) in [6, 6.07) is 3.07. The van der Waals surface area contributed by atoms with E-state index in [1.54, 1.807) is 19.3 Å². The lowest BCUT2D eigenvalue weighted by atomic mass is 10.4. The first kappa shape index (κ1) is 9.75. The van der Waals surface area contributed by atoms with E-state index < -0.39 is 0 Å². The Balaban J connectivity index is 0.000000461. The summed E-state index contributed by atoms with van der Waals surface area (Å²) in [4.78, 5) is 10.7. The van der Waals surface area contributed by atoms with Crippen LogP contribution < -0.4 is 11.3 Å². The van der Waals surface area contributed by atoms with E-state index in [2.05, 4.69) is 0 Å². The van der Waals surface area contributed by atoms with E-state index in [1.165, 1.54) is 10.6 Å². The highest BCUT2D eigenvalue weighted by Crippen LogP contribution is 1.91. The largest absolute Gasteiger partial charge is 0.399 e. The van der Waals surface area contributed by atoms with Crippen LogP contribution in [0.2, 0.25) is 0 Å². The van der Waals surface area contributed by atoms with E-state index in [-0.39, 0.29) is 5.56 Å². The molecule has 0 saturated carbocycles. The molecule has 1 aromatic heterocycles. The Morgan fingerprint density at radius 2 is 2.00 bits per heavy atom. The molecule has 0 aliphatic carbocycles. The molecule has 1 aromatic rings. The Kier molecular flexibility index (Phi) is 4.03. The Labute approximate surface area is 66.5 Å². The van der Waals surface area contributed by atoms with Crippen LogP contribution in [0.25, 0.3) is 0 Å². The third kappa shape index (κ3) is 2.89. The van der Waals surface area contributed by atoms with Crippen molar-refractivity contribution >= 4 is 5.69 Å². The van der Waals surface area contributed by atoms with Gasteiger partial charge in [0.05, 0.1) is 0 Å². The van der Waals surface area contributed by atoms with Gasteiger partial charge in [0.2, 0.25) is 0 Å². The molecule has 0 amide bonds. The maximum atomic E-state index is 10.7. The third-order valence-electron chi connectivity index (χ3n) is 1.13. The number of pyridine rings is 1. The molecule has 3 heteroatoms. The smallest absolute Gasteiger partial charge is 0.252 e. The van der Waals surface area contributed by atoms with Crippen LogP contribution in [-0.2, 0) is 7.05 Å². The van der Waals surface area contributed by atoms with Crippen molar-refractivity contribution < 1.29 is 0 Å². The van der Waals surface area contributed by atoms with E-state index in [1.807, 2.05) is 13.8 Å². The van der Waals surface area contributed by atoms with Gasteiger partial charge in [-0.15, -0.1) is 0 Å². The van der Waals surface area contributed by atoms with Crippen LogP contribution in [0.1, 0.15) is 13.8 Å². The van der Waals surface area contributed by atoms with Gasteiger partial charge in [-0.25, -0.2) is 0 Å². The number of hydrogen-bond acceptors (Lipinski definition) is 2. The zero-order valence-corrected chi connectivity index (χ0v) is 7.16. The van der Waals surface area contributed by atoms with Crippen LogP contribution in [0.4, 0.5) is 5.69 Å². The molecule has 11 heavy (non-hydrogen) atoms. The van der Waals surface area contributed by atoms with Crippen molar-refractivity contribution in [3.63, 3.8) is 0 Å². The number of nitrogens with zero attached hydrogens (tertiary/aromatic N) is 1. The number of hydrogen-bond donors (Lipinski definition) is 1.